The van der Waals surface area contributed by atoms with Crippen LogP contribution in [-0.2, 0) is 4.79 Å². The van der Waals surface area contributed by atoms with Crippen LogP contribution in [0.5, 0.6) is 0 Å². The third-order valence-corrected chi connectivity index (χ3v) is 3.41. The van der Waals surface area contributed by atoms with Crippen LogP contribution in [0.4, 0.5) is 0 Å². The van der Waals surface area contributed by atoms with E-state index in [1.807, 2.05) is 0 Å². The van der Waals surface area contributed by atoms with Crippen molar-refractivity contribution in [3.8, 4) is 0 Å². The summed E-state index contributed by atoms with van der Waals surface area (Å²) in [5.41, 5.74) is 2.47. The highest BCUT2D eigenvalue weighted by Gasteiger charge is 2.30. The molecule has 0 saturated heterocycles. The van der Waals surface area contributed by atoms with Crippen molar-refractivity contribution in [2.75, 3.05) is 19.6 Å². The number of Topliss-reactive ketones (excluding diaryl/α,β-unsaturated/α-hetero) is 1. The van der Waals surface area contributed by atoms with Crippen LogP contribution in [0.15, 0.2) is 11.4 Å². The minimum Gasteiger partial charge on any atom is -0.386 e. The number of ketones is 1. The zero-order chi connectivity index (χ0) is 13.8. The zero-order valence-electron chi connectivity index (χ0n) is 12.6. The molecule has 3 nitrogen and oxygen atoms in total. The van der Waals surface area contributed by atoms with E-state index in [-0.39, 0.29) is 5.78 Å². The van der Waals surface area contributed by atoms with Crippen molar-refractivity contribution in [2.45, 2.75) is 53.9 Å². The molecular formula is C15H28N2O. The van der Waals surface area contributed by atoms with Crippen molar-refractivity contribution in [3.63, 3.8) is 0 Å². The minimum absolute atomic E-state index is 0.289. The van der Waals surface area contributed by atoms with Gasteiger partial charge in [-0.1, -0.05) is 20.8 Å². The molecule has 1 rings (SSSR count). The Morgan fingerprint density at radius 3 is 2.28 bits per heavy atom. The first kappa shape index (κ1) is 15.1. The third-order valence-electron chi connectivity index (χ3n) is 3.41. The molecule has 0 amide bonds. The molecule has 0 aliphatic heterocycles. The second-order valence-corrected chi connectivity index (χ2v) is 6.19. The number of nitrogens with zero attached hydrogens (tertiary/aromatic N) is 1. The largest absolute Gasteiger partial charge is 0.386 e. The summed E-state index contributed by atoms with van der Waals surface area (Å²) in [4.78, 5) is 13.8. The molecule has 0 bridgehead atoms. The molecule has 0 radical (unpaired) electrons. The summed E-state index contributed by atoms with van der Waals surface area (Å²) in [7, 11) is 0. The topological polar surface area (TPSA) is 32.3 Å². The minimum atomic E-state index is 0.289. The standard InChI is InChI=1S/C15H28N2O/c1-6-17(7-2)14-12(11-13(14)18)16-10-8-9-15(3,4)5/h16H,6-11H2,1-5H3. The lowest BCUT2D eigenvalue weighted by molar-refractivity contribution is -0.118. The van der Waals surface area contributed by atoms with Crippen LogP contribution in [-0.4, -0.2) is 30.3 Å². The summed E-state index contributed by atoms with van der Waals surface area (Å²) >= 11 is 0. The summed E-state index contributed by atoms with van der Waals surface area (Å²) in [6, 6.07) is 0. The lowest BCUT2D eigenvalue weighted by atomic mass is 9.90. The van der Waals surface area contributed by atoms with Gasteiger partial charge < -0.3 is 10.2 Å². The van der Waals surface area contributed by atoms with Gasteiger partial charge in [-0.15, -0.1) is 0 Å². The van der Waals surface area contributed by atoms with Crippen molar-refractivity contribution in [1.82, 2.24) is 10.2 Å². The quantitative estimate of drug-likeness (QED) is 0.707. The summed E-state index contributed by atoms with van der Waals surface area (Å²) in [6.45, 7) is 13.8. The van der Waals surface area contributed by atoms with Gasteiger partial charge in [-0.2, -0.15) is 0 Å². The number of likely N-dealkylation sites (N-methyl/N-ethyl adjacent to an activating group) is 1. The lowest BCUT2D eigenvalue weighted by Crippen LogP contribution is -2.39. The van der Waals surface area contributed by atoms with Crippen LogP contribution in [0.3, 0.4) is 0 Å². The maximum absolute atomic E-state index is 11.7. The molecule has 0 aromatic heterocycles. The molecular weight excluding hydrogens is 224 g/mol. The van der Waals surface area contributed by atoms with E-state index < -0.39 is 0 Å². The predicted molar refractivity (Wildman–Crippen MR) is 76.3 cm³/mol. The number of hydrogen-bond donors (Lipinski definition) is 1. The summed E-state index contributed by atoms with van der Waals surface area (Å²) in [5, 5.41) is 3.44. The highest BCUT2D eigenvalue weighted by molar-refractivity contribution is 6.03. The first-order chi connectivity index (χ1) is 8.39. The molecule has 1 aliphatic rings. The van der Waals surface area contributed by atoms with Gasteiger partial charge in [0, 0.05) is 25.3 Å². The predicted octanol–water partition coefficient (Wildman–Crippen LogP) is 2.93. The SMILES string of the molecule is CCN(CC)C1=C(NCCCC(C)(C)C)CC1=O. The van der Waals surface area contributed by atoms with E-state index in [1.165, 1.54) is 6.42 Å². The maximum atomic E-state index is 11.7. The fourth-order valence-electron chi connectivity index (χ4n) is 2.30. The molecule has 104 valence electrons. The van der Waals surface area contributed by atoms with E-state index >= 15 is 0 Å². The van der Waals surface area contributed by atoms with Crippen LogP contribution in [0.2, 0.25) is 0 Å². The molecule has 0 unspecified atom stereocenters. The number of rotatable bonds is 7. The number of carbonyl (C=O) groups excluding carboxylic acids is 1. The Morgan fingerprint density at radius 2 is 1.83 bits per heavy atom. The number of allylic oxidation sites excluding steroid dienone is 2. The van der Waals surface area contributed by atoms with Crippen LogP contribution in [0, 0.1) is 5.41 Å². The third kappa shape index (κ3) is 4.04. The van der Waals surface area contributed by atoms with E-state index in [2.05, 4.69) is 44.8 Å². The summed E-state index contributed by atoms with van der Waals surface area (Å²) < 4.78 is 0. The summed E-state index contributed by atoms with van der Waals surface area (Å²) in [6.07, 6.45) is 2.97. The van der Waals surface area contributed by atoms with Crippen molar-refractivity contribution in [1.29, 1.82) is 0 Å². The van der Waals surface area contributed by atoms with Gasteiger partial charge in [-0.3, -0.25) is 4.79 Å². The number of hydrogen-bond acceptors (Lipinski definition) is 3. The lowest BCUT2D eigenvalue weighted by Gasteiger charge is -2.33. The normalized spacial score (nSPS) is 15.7. The second kappa shape index (κ2) is 6.26. The molecule has 0 aromatic carbocycles. The van der Waals surface area contributed by atoms with Crippen molar-refractivity contribution in [3.05, 3.63) is 11.4 Å². The summed E-state index contributed by atoms with van der Waals surface area (Å²) in [5.74, 6) is 0.289. The Morgan fingerprint density at radius 1 is 1.22 bits per heavy atom. The van der Waals surface area contributed by atoms with Crippen molar-refractivity contribution < 1.29 is 4.79 Å². The molecule has 0 atom stereocenters. The van der Waals surface area contributed by atoms with E-state index in [9.17, 15) is 4.79 Å². The Balaban J connectivity index is 2.44. The van der Waals surface area contributed by atoms with Gasteiger partial charge in [0.15, 0.2) is 5.78 Å². The molecule has 3 heteroatoms. The van der Waals surface area contributed by atoms with E-state index in [0.29, 0.717) is 11.8 Å². The van der Waals surface area contributed by atoms with Crippen LogP contribution in [0.1, 0.15) is 53.9 Å². The number of nitrogens with one attached hydrogen (secondary N) is 1. The molecule has 0 spiro atoms. The fourth-order valence-corrected chi connectivity index (χ4v) is 2.30. The Labute approximate surface area is 112 Å². The highest BCUT2D eigenvalue weighted by atomic mass is 16.1. The van der Waals surface area contributed by atoms with E-state index in [0.717, 1.165) is 37.4 Å². The zero-order valence-corrected chi connectivity index (χ0v) is 12.6. The van der Waals surface area contributed by atoms with Gasteiger partial charge in [0.1, 0.15) is 5.70 Å². The Kier molecular flexibility index (Phi) is 5.24. The average molecular weight is 252 g/mol. The van der Waals surface area contributed by atoms with Gasteiger partial charge in [-0.05, 0) is 32.1 Å². The molecule has 0 saturated carbocycles. The number of carbonyl (C=O) groups is 1. The average Bonchev–Trinajstić information content (AvgIpc) is 2.28. The molecule has 1 N–H and O–H groups in total. The van der Waals surface area contributed by atoms with Crippen molar-refractivity contribution >= 4 is 5.78 Å². The highest BCUT2D eigenvalue weighted by Crippen LogP contribution is 2.25. The first-order valence-corrected chi connectivity index (χ1v) is 7.14. The van der Waals surface area contributed by atoms with E-state index in [1.54, 1.807) is 0 Å². The molecule has 0 fully saturated rings. The smallest absolute Gasteiger partial charge is 0.186 e. The molecule has 18 heavy (non-hydrogen) atoms. The molecule has 1 aliphatic carbocycles. The monoisotopic (exact) mass is 252 g/mol. The van der Waals surface area contributed by atoms with Gasteiger partial charge in [-0.25, -0.2) is 0 Å². The Bertz CT molecular complexity index is 322. The van der Waals surface area contributed by atoms with Gasteiger partial charge >= 0.3 is 0 Å². The van der Waals surface area contributed by atoms with Gasteiger partial charge in [0.05, 0.1) is 6.42 Å². The van der Waals surface area contributed by atoms with Gasteiger partial charge in [0.2, 0.25) is 0 Å². The molecule has 0 aromatic rings. The second-order valence-electron chi connectivity index (χ2n) is 6.19. The van der Waals surface area contributed by atoms with E-state index in [4.69, 9.17) is 0 Å². The first-order valence-electron chi connectivity index (χ1n) is 7.14. The van der Waals surface area contributed by atoms with Crippen LogP contribution in [0.25, 0.3) is 0 Å². The van der Waals surface area contributed by atoms with Crippen LogP contribution < -0.4 is 5.32 Å². The fraction of sp³-hybridized carbons (Fsp3) is 0.800. The maximum Gasteiger partial charge on any atom is 0.186 e. The molecule has 0 heterocycles. The van der Waals surface area contributed by atoms with Crippen molar-refractivity contribution in [2.24, 2.45) is 5.41 Å². The Hall–Kier alpha value is -0.990. The van der Waals surface area contributed by atoms with Gasteiger partial charge in [0.25, 0.3) is 0 Å². The van der Waals surface area contributed by atoms with Crippen LogP contribution >= 0.6 is 0 Å².